The number of likely N-dealkylation sites (N-methyl/N-ethyl adjacent to an activating group) is 2. The lowest BCUT2D eigenvalue weighted by Crippen LogP contribution is -2.49. The third-order valence-corrected chi connectivity index (χ3v) is 3.67. The lowest BCUT2D eigenvalue weighted by atomic mass is 10.0. The third-order valence-electron chi connectivity index (χ3n) is 3.67. The molecule has 0 fully saturated rings. The van der Waals surface area contributed by atoms with Crippen LogP contribution in [0.5, 0.6) is 0 Å². The van der Waals surface area contributed by atoms with Gasteiger partial charge in [0.25, 0.3) is 0 Å². The summed E-state index contributed by atoms with van der Waals surface area (Å²) in [5, 5.41) is 95.5. The van der Waals surface area contributed by atoms with Crippen LogP contribution in [0, 0.1) is 0 Å². The summed E-state index contributed by atoms with van der Waals surface area (Å²) in [6.45, 7) is 1.35. The lowest BCUT2D eigenvalue weighted by Gasteiger charge is -2.25. The van der Waals surface area contributed by atoms with E-state index in [-0.39, 0.29) is 13.1 Å². The molecule has 0 bridgehead atoms. The number of hydrogen-bond acceptors (Lipinski definition) is 12. The van der Waals surface area contributed by atoms with Gasteiger partial charge in [0.1, 0.15) is 36.6 Å². The minimum atomic E-state index is -1.55. The number of aliphatic hydroxyl groups is 10. The molecule has 0 aromatic rings. The molecule has 0 rings (SSSR count). The van der Waals surface area contributed by atoms with Crippen LogP contribution in [0.15, 0.2) is 0 Å². The van der Waals surface area contributed by atoms with Crippen LogP contribution in [0.25, 0.3) is 0 Å². The first-order valence-corrected chi connectivity index (χ1v) is 8.60. The first kappa shape index (κ1) is 28.7. The Morgan fingerprint density at radius 1 is 0.593 bits per heavy atom. The van der Waals surface area contributed by atoms with Crippen molar-refractivity contribution in [2.24, 2.45) is 0 Å². The Morgan fingerprint density at radius 2 is 0.926 bits per heavy atom. The van der Waals surface area contributed by atoms with Gasteiger partial charge in [-0.1, -0.05) is 6.92 Å². The number of nitrogens with one attached hydrogen (secondary N) is 2. The maximum absolute atomic E-state index is 9.30. The number of aliphatic hydroxyl groups excluding tert-OH is 10. The van der Waals surface area contributed by atoms with Gasteiger partial charge in [0, 0.05) is 13.1 Å². The Morgan fingerprint density at radius 3 is 1.22 bits per heavy atom. The van der Waals surface area contributed by atoms with Crippen LogP contribution in [0.4, 0.5) is 0 Å². The molecule has 0 saturated heterocycles. The zero-order valence-corrected chi connectivity index (χ0v) is 15.6. The summed E-state index contributed by atoms with van der Waals surface area (Å²) < 4.78 is 0. The Kier molecular flexibility index (Phi) is 17.5. The van der Waals surface area contributed by atoms with Gasteiger partial charge in [0.05, 0.1) is 25.4 Å². The van der Waals surface area contributed by atoms with E-state index in [2.05, 4.69) is 10.6 Å². The van der Waals surface area contributed by atoms with Crippen molar-refractivity contribution in [3.8, 4) is 0 Å². The van der Waals surface area contributed by atoms with Crippen molar-refractivity contribution in [1.82, 2.24) is 10.6 Å². The van der Waals surface area contributed by atoms with Gasteiger partial charge in [-0.2, -0.15) is 0 Å². The minimum Gasteiger partial charge on any atom is -0.394 e. The summed E-state index contributed by atoms with van der Waals surface area (Å²) in [5.41, 5.74) is 0. The molecule has 12 nitrogen and oxygen atoms in total. The van der Waals surface area contributed by atoms with Crippen LogP contribution in [0.3, 0.4) is 0 Å². The van der Waals surface area contributed by atoms with E-state index in [0.717, 1.165) is 0 Å². The Bertz CT molecular complexity index is 342. The van der Waals surface area contributed by atoms with Crippen LogP contribution in [-0.4, -0.2) is 140 Å². The molecule has 0 aromatic heterocycles. The molecule has 0 aliphatic carbocycles. The van der Waals surface area contributed by atoms with E-state index in [1.165, 1.54) is 0 Å². The van der Waals surface area contributed by atoms with Crippen molar-refractivity contribution in [2.45, 2.75) is 55.8 Å². The summed E-state index contributed by atoms with van der Waals surface area (Å²) in [7, 11) is 1.57. The van der Waals surface area contributed by atoms with Crippen LogP contribution >= 0.6 is 0 Å². The van der Waals surface area contributed by atoms with Crippen molar-refractivity contribution >= 4 is 0 Å². The van der Waals surface area contributed by atoms with Crippen LogP contribution < -0.4 is 10.6 Å². The standard InChI is InChI=1S/C8H19NO5.C7H17NO5/c1-2-9-3-5(11)7(13)8(14)6(12)4-10;1-8-2-4(10)6(12)7(13)5(11)3-9/h5-14H,2-4H2,1H3;4-13H,2-3H2,1H3/t5-,6+,7+,8+;4-,5+,6+,7+/m00/s1. The van der Waals surface area contributed by atoms with Gasteiger partial charge in [0.15, 0.2) is 0 Å². The Labute approximate surface area is 158 Å². The summed E-state index contributed by atoms with van der Waals surface area (Å²) in [5.74, 6) is 0. The van der Waals surface area contributed by atoms with Gasteiger partial charge in [-0.25, -0.2) is 0 Å². The molecule has 0 spiro atoms. The largest absolute Gasteiger partial charge is 0.394 e. The topological polar surface area (TPSA) is 226 Å². The second kappa shape index (κ2) is 16.5. The van der Waals surface area contributed by atoms with Gasteiger partial charge < -0.3 is 61.7 Å². The van der Waals surface area contributed by atoms with Crippen molar-refractivity contribution in [1.29, 1.82) is 0 Å². The number of hydrogen-bond donors (Lipinski definition) is 12. The van der Waals surface area contributed by atoms with Crippen molar-refractivity contribution in [3.05, 3.63) is 0 Å². The molecule has 0 aliphatic heterocycles. The highest BCUT2D eigenvalue weighted by Gasteiger charge is 2.30. The summed E-state index contributed by atoms with van der Waals surface area (Å²) >= 11 is 0. The van der Waals surface area contributed by atoms with E-state index in [9.17, 15) is 20.4 Å². The average molecular weight is 404 g/mol. The average Bonchev–Trinajstić information content (AvgIpc) is 2.68. The van der Waals surface area contributed by atoms with Gasteiger partial charge >= 0.3 is 0 Å². The maximum atomic E-state index is 9.30. The molecule has 0 heterocycles. The fourth-order valence-corrected chi connectivity index (χ4v) is 1.87. The predicted molar refractivity (Wildman–Crippen MR) is 94.7 cm³/mol. The quantitative estimate of drug-likeness (QED) is 0.138. The molecule has 0 aliphatic rings. The third kappa shape index (κ3) is 11.8. The first-order valence-electron chi connectivity index (χ1n) is 8.60. The molecule has 0 unspecified atom stereocenters. The molecule has 0 amide bonds. The van der Waals surface area contributed by atoms with Crippen LogP contribution in [-0.2, 0) is 0 Å². The molecule has 0 saturated carbocycles. The maximum Gasteiger partial charge on any atom is 0.111 e. The molecular formula is C15H36N2O10. The SMILES string of the molecule is CCNC[C@H](O)[C@@H](O)[C@H](O)[C@H](O)CO.CNC[C@H](O)[C@@H](O)[C@H](O)[C@H](O)CO. The van der Waals surface area contributed by atoms with E-state index in [0.29, 0.717) is 6.54 Å². The molecule has 166 valence electrons. The van der Waals surface area contributed by atoms with Gasteiger partial charge in [-0.3, -0.25) is 0 Å². The summed E-state index contributed by atoms with van der Waals surface area (Å²) in [6, 6.07) is 0. The lowest BCUT2D eigenvalue weighted by molar-refractivity contribution is -0.113. The summed E-state index contributed by atoms with van der Waals surface area (Å²) in [4.78, 5) is 0. The highest BCUT2D eigenvalue weighted by atomic mass is 16.4. The van der Waals surface area contributed by atoms with E-state index >= 15 is 0 Å². The van der Waals surface area contributed by atoms with Crippen LogP contribution in [0.1, 0.15) is 6.92 Å². The van der Waals surface area contributed by atoms with E-state index in [4.69, 9.17) is 30.6 Å². The summed E-state index contributed by atoms with van der Waals surface area (Å²) in [6.07, 6.45) is -11.3. The highest BCUT2D eigenvalue weighted by molar-refractivity contribution is 4.82. The smallest absolute Gasteiger partial charge is 0.111 e. The molecule has 8 atom stereocenters. The van der Waals surface area contributed by atoms with Gasteiger partial charge in [-0.05, 0) is 13.6 Å². The monoisotopic (exact) mass is 404 g/mol. The molecule has 0 aromatic carbocycles. The van der Waals surface area contributed by atoms with E-state index < -0.39 is 62.0 Å². The van der Waals surface area contributed by atoms with Crippen molar-refractivity contribution in [3.63, 3.8) is 0 Å². The molecule has 27 heavy (non-hydrogen) atoms. The zero-order chi connectivity index (χ0) is 21.6. The van der Waals surface area contributed by atoms with Crippen molar-refractivity contribution in [2.75, 3.05) is 39.9 Å². The Balaban J connectivity index is 0. The first-order chi connectivity index (χ1) is 12.6. The van der Waals surface area contributed by atoms with Gasteiger partial charge in [0.2, 0.25) is 0 Å². The molecular weight excluding hydrogens is 368 g/mol. The van der Waals surface area contributed by atoms with E-state index in [1.807, 2.05) is 6.92 Å². The fraction of sp³-hybridized carbons (Fsp3) is 1.00. The predicted octanol–water partition coefficient (Wildman–Crippen LogP) is -6.33. The minimum absolute atomic E-state index is 0.0936. The second-order valence-electron chi connectivity index (χ2n) is 5.96. The fourth-order valence-electron chi connectivity index (χ4n) is 1.87. The molecule has 0 radical (unpaired) electrons. The normalized spacial score (nSPS) is 20.4. The second-order valence-corrected chi connectivity index (χ2v) is 5.96. The zero-order valence-electron chi connectivity index (χ0n) is 15.6. The van der Waals surface area contributed by atoms with Crippen LogP contribution in [0.2, 0.25) is 0 Å². The van der Waals surface area contributed by atoms with Gasteiger partial charge in [-0.15, -0.1) is 0 Å². The molecule has 12 N–H and O–H groups in total. The Hall–Kier alpha value is -0.480. The van der Waals surface area contributed by atoms with E-state index in [1.54, 1.807) is 7.05 Å². The number of rotatable bonds is 13. The molecule has 12 heteroatoms. The highest BCUT2D eigenvalue weighted by Crippen LogP contribution is 2.05. The van der Waals surface area contributed by atoms with Crippen molar-refractivity contribution < 1.29 is 51.1 Å².